The maximum Gasteiger partial charge on any atom is 0.335 e. The largest absolute Gasteiger partial charge is 0.496 e. The molecule has 7 nitrogen and oxygen atoms in total. The van der Waals surface area contributed by atoms with E-state index in [9.17, 15) is 14.4 Å². The number of amides is 4. The van der Waals surface area contributed by atoms with Gasteiger partial charge in [-0.2, -0.15) is 0 Å². The molecule has 7 heteroatoms. The van der Waals surface area contributed by atoms with Gasteiger partial charge in [0.15, 0.2) is 0 Å². The summed E-state index contributed by atoms with van der Waals surface area (Å²) >= 11 is 0. The number of urea groups is 1. The lowest BCUT2D eigenvalue weighted by molar-refractivity contribution is -0.122. The Kier molecular flexibility index (Phi) is 5.75. The van der Waals surface area contributed by atoms with Gasteiger partial charge in [-0.05, 0) is 74.9 Å². The number of hydrogen-bond acceptors (Lipinski definition) is 5. The lowest BCUT2D eigenvalue weighted by Crippen LogP contribution is -2.54. The van der Waals surface area contributed by atoms with Crippen LogP contribution in [0.2, 0.25) is 0 Å². The summed E-state index contributed by atoms with van der Waals surface area (Å²) in [7, 11) is 3.63. The highest BCUT2D eigenvalue weighted by atomic mass is 16.5. The summed E-state index contributed by atoms with van der Waals surface area (Å²) in [5, 5.41) is 2.31. The summed E-state index contributed by atoms with van der Waals surface area (Å²) in [4.78, 5) is 42.1. The molecule has 1 unspecified atom stereocenters. The van der Waals surface area contributed by atoms with Gasteiger partial charge in [-0.25, -0.2) is 9.69 Å². The molecule has 1 atom stereocenters. The molecular weight excluding hydrogens is 430 g/mol. The second-order valence-electron chi connectivity index (χ2n) is 9.81. The van der Waals surface area contributed by atoms with Gasteiger partial charge in [0.1, 0.15) is 11.3 Å². The van der Waals surface area contributed by atoms with E-state index in [0.29, 0.717) is 17.0 Å². The van der Waals surface area contributed by atoms with Crippen LogP contribution in [0.3, 0.4) is 0 Å². The summed E-state index contributed by atoms with van der Waals surface area (Å²) < 4.78 is 5.65. The van der Waals surface area contributed by atoms with E-state index in [-0.39, 0.29) is 17.0 Å². The van der Waals surface area contributed by atoms with E-state index in [1.807, 2.05) is 32.0 Å². The predicted octanol–water partition coefficient (Wildman–Crippen LogP) is 4.70. The SMILES string of the molecule is COc1cc2c(cc1/C=C1/C(=O)NC(=O)N(c3cccc(C)c3C)C1=O)C(C)CC(C)(C)N2C. The number of methoxy groups -OCH3 is 1. The van der Waals surface area contributed by atoms with Crippen LogP contribution in [0.5, 0.6) is 5.75 Å². The number of barbiturate groups is 1. The Bertz CT molecular complexity index is 1240. The lowest BCUT2D eigenvalue weighted by Gasteiger charge is -2.45. The van der Waals surface area contributed by atoms with E-state index in [2.05, 4.69) is 38.0 Å². The van der Waals surface area contributed by atoms with Crippen molar-refractivity contribution in [2.75, 3.05) is 24.0 Å². The van der Waals surface area contributed by atoms with Gasteiger partial charge in [0.25, 0.3) is 11.8 Å². The molecule has 0 aliphatic carbocycles. The smallest absolute Gasteiger partial charge is 0.335 e. The van der Waals surface area contributed by atoms with Gasteiger partial charge in [0.05, 0.1) is 12.8 Å². The predicted molar refractivity (Wildman–Crippen MR) is 133 cm³/mol. The van der Waals surface area contributed by atoms with E-state index < -0.39 is 17.8 Å². The highest BCUT2D eigenvalue weighted by Crippen LogP contribution is 2.45. The standard InChI is InChI=1S/C27H31N3O4/c1-15-9-8-10-21(17(15)3)30-25(32)20(24(31)28-26(30)33)12-18-11-19-16(2)14-27(4,5)29(6)22(19)13-23(18)34-7/h8-13,16H,14H2,1-7H3,(H,28,31,33)/b20-12-. The molecule has 2 aromatic rings. The molecule has 2 aliphatic heterocycles. The van der Waals surface area contributed by atoms with E-state index in [1.165, 1.54) is 6.08 Å². The maximum absolute atomic E-state index is 13.4. The van der Waals surface area contributed by atoms with Crippen molar-refractivity contribution in [2.45, 2.75) is 52.5 Å². The van der Waals surface area contributed by atoms with Gasteiger partial charge >= 0.3 is 6.03 Å². The number of anilines is 2. The van der Waals surface area contributed by atoms with Crippen LogP contribution >= 0.6 is 0 Å². The van der Waals surface area contributed by atoms with Crippen molar-refractivity contribution in [1.29, 1.82) is 0 Å². The highest BCUT2D eigenvalue weighted by Gasteiger charge is 2.38. The average molecular weight is 462 g/mol. The first-order valence-electron chi connectivity index (χ1n) is 11.4. The molecule has 34 heavy (non-hydrogen) atoms. The van der Waals surface area contributed by atoms with Gasteiger partial charge in [-0.3, -0.25) is 14.9 Å². The quantitative estimate of drug-likeness (QED) is 0.529. The topological polar surface area (TPSA) is 79.0 Å². The van der Waals surface area contributed by atoms with Crippen LogP contribution < -0.4 is 19.9 Å². The number of fused-ring (bicyclic) bond motifs is 1. The zero-order valence-corrected chi connectivity index (χ0v) is 20.8. The number of benzene rings is 2. The summed E-state index contributed by atoms with van der Waals surface area (Å²) in [5.74, 6) is -0.539. The molecule has 0 aromatic heterocycles. The second kappa shape index (κ2) is 8.31. The number of carbonyl (C=O) groups excluding carboxylic acids is 3. The maximum atomic E-state index is 13.4. The molecule has 1 saturated heterocycles. The number of aryl methyl sites for hydroxylation is 1. The van der Waals surface area contributed by atoms with Crippen LogP contribution in [-0.4, -0.2) is 37.5 Å². The van der Waals surface area contributed by atoms with E-state index in [0.717, 1.165) is 33.7 Å². The number of nitrogens with one attached hydrogen (secondary N) is 1. The number of hydrogen-bond donors (Lipinski definition) is 1. The Morgan fingerprint density at radius 1 is 1.12 bits per heavy atom. The van der Waals surface area contributed by atoms with Crippen molar-refractivity contribution >= 4 is 35.3 Å². The van der Waals surface area contributed by atoms with Crippen LogP contribution in [-0.2, 0) is 9.59 Å². The highest BCUT2D eigenvalue weighted by molar-refractivity contribution is 6.39. The number of ether oxygens (including phenoxy) is 1. The third-order valence-corrected chi connectivity index (χ3v) is 7.20. The van der Waals surface area contributed by atoms with Gasteiger partial charge in [-0.1, -0.05) is 19.1 Å². The zero-order valence-electron chi connectivity index (χ0n) is 20.8. The molecule has 2 heterocycles. The molecule has 0 spiro atoms. The average Bonchev–Trinajstić information content (AvgIpc) is 2.77. The minimum absolute atomic E-state index is 0.0107. The Morgan fingerprint density at radius 3 is 2.50 bits per heavy atom. The van der Waals surface area contributed by atoms with Gasteiger partial charge in [0.2, 0.25) is 0 Å². The van der Waals surface area contributed by atoms with Gasteiger partial charge in [-0.15, -0.1) is 0 Å². The van der Waals surface area contributed by atoms with E-state index in [1.54, 1.807) is 19.2 Å². The first-order valence-corrected chi connectivity index (χ1v) is 11.4. The van der Waals surface area contributed by atoms with Crippen LogP contribution in [0, 0.1) is 13.8 Å². The number of imide groups is 2. The molecule has 0 bridgehead atoms. The van der Waals surface area contributed by atoms with Crippen molar-refractivity contribution in [3.63, 3.8) is 0 Å². The molecule has 2 aromatic carbocycles. The van der Waals surface area contributed by atoms with Gasteiger partial charge in [0, 0.05) is 29.9 Å². The molecule has 1 fully saturated rings. The number of rotatable bonds is 3. The summed E-state index contributed by atoms with van der Waals surface area (Å²) in [5.41, 5.74) is 4.88. The Morgan fingerprint density at radius 2 is 1.82 bits per heavy atom. The monoisotopic (exact) mass is 461 g/mol. The van der Waals surface area contributed by atoms with E-state index >= 15 is 0 Å². The Balaban J connectivity index is 1.82. The van der Waals surface area contributed by atoms with Crippen LogP contribution in [0.1, 0.15) is 55.4 Å². The number of nitrogens with zero attached hydrogens (tertiary/aromatic N) is 2. The van der Waals surface area contributed by atoms with Crippen molar-refractivity contribution in [2.24, 2.45) is 0 Å². The fourth-order valence-electron chi connectivity index (χ4n) is 4.91. The lowest BCUT2D eigenvalue weighted by atomic mass is 9.79. The van der Waals surface area contributed by atoms with Crippen molar-refractivity contribution < 1.29 is 19.1 Å². The van der Waals surface area contributed by atoms with Crippen LogP contribution in [0.4, 0.5) is 16.2 Å². The zero-order chi connectivity index (χ0) is 24.9. The Hall–Kier alpha value is -3.61. The molecular formula is C27H31N3O4. The second-order valence-corrected chi connectivity index (χ2v) is 9.81. The van der Waals surface area contributed by atoms with Crippen LogP contribution in [0.15, 0.2) is 35.9 Å². The third kappa shape index (κ3) is 3.75. The molecule has 0 radical (unpaired) electrons. The summed E-state index contributed by atoms with van der Waals surface area (Å²) in [6.45, 7) is 10.3. The molecule has 0 saturated carbocycles. The minimum Gasteiger partial charge on any atom is -0.496 e. The molecule has 1 N–H and O–H groups in total. The van der Waals surface area contributed by atoms with Crippen molar-refractivity contribution in [3.05, 3.63) is 58.2 Å². The molecule has 2 aliphatic rings. The normalized spacial score (nSPS) is 21.0. The fraction of sp³-hybridized carbons (Fsp3) is 0.370. The number of carbonyl (C=O) groups is 3. The molecule has 178 valence electrons. The van der Waals surface area contributed by atoms with Crippen LogP contribution in [0.25, 0.3) is 6.08 Å². The first-order chi connectivity index (χ1) is 16.0. The molecule has 4 amide bonds. The summed E-state index contributed by atoms with van der Waals surface area (Å²) in [6.07, 6.45) is 2.49. The Labute approximate surface area is 200 Å². The van der Waals surface area contributed by atoms with Gasteiger partial charge < -0.3 is 9.64 Å². The van der Waals surface area contributed by atoms with Crippen molar-refractivity contribution in [1.82, 2.24) is 5.32 Å². The molecule has 4 rings (SSSR count). The summed E-state index contributed by atoms with van der Waals surface area (Å²) in [6, 6.07) is 8.57. The first kappa shape index (κ1) is 23.5. The van der Waals surface area contributed by atoms with Crippen molar-refractivity contribution in [3.8, 4) is 5.75 Å². The minimum atomic E-state index is -0.754. The van der Waals surface area contributed by atoms with E-state index in [4.69, 9.17) is 4.74 Å². The third-order valence-electron chi connectivity index (χ3n) is 7.20. The fourth-order valence-corrected chi connectivity index (χ4v) is 4.91.